The van der Waals surface area contributed by atoms with E-state index in [2.05, 4.69) is 49.3 Å². The molecule has 0 N–H and O–H groups in total. The van der Waals surface area contributed by atoms with E-state index in [0.29, 0.717) is 0 Å². The summed E-state index contributed by atoms with van der Waals surface area (Å²) in [5.74, 6) is 0. The van der Waals surface area contributed by atoms with Gasteiger partial charge in [0.15, 0.2) is 0 Å². The molecule has 1 fully saturated rings. The van der Waals surface area contributed by atoms with Gasteiger partial charge in [-0.3, -0.25) is 0 Å². The van der Waals surface area contributed by atoms with Crippen LogP contribution in [0.2, 0.25) is 0 Å². The maximum absolute atomic E-state index is 2.51. The molecular formula is C13H21IN2. The molecule has 0 aliphatic carbocycles. The van der Waals surface area contributed by atoms with E-state index in [4.69, 9.17) is 0 Å². The molecule has 1 aliphatic heterocycles. The van der Waals surface area contributed by atoms with Gasteiger partial charge in [-0.05, 0) is 12.1 Å². The lowest BCUT2D eigenvalue weighted by atomic mass is 10.3. The van der Waals surface area contributed by atoms with Gasteiger partial charge in [0.05, 0.1) is 33.7 Å². The van der Waals surface area contributed by atoms with Crippen LogP contribution in [0.25, 0.3) is 0 Å². The summed E-state index contributed by atoms with van der Waals surface area (Å²) in [6, 6.07) is 10.8. The molecule has 0 spiro atoms. The quantitative estimate of drug-likeness (QED) is 0.470. The van der Waals surface area contributed by atoms with Crippen LogP contribution in [0, 0.1) is 0 Å². The molecule has 0 aromatic heterocycles. The molecule has 90 valence electrons. The van der Waals surface area contributed by atoms with Gasteiger partial charge in [-0.25, -0.2) is 0 Å². The summed E-state index contributed by atoms with van der Waals surface area (Å²) in [6.07, 6.45) is 1.29. The van der Waals surface area contributed by atoms with Crippen LogP contribution in [0.5, 0.6) is 0 Å². The topological polar surface area (TPSA) is 3.24 Å². The second-order valence-electron chi connectivity index (χ2n) is 5.06. The number of hydrogen-bond acceptors (Lipinski definition) is 1. The highest BCUT2D eigenvalue weighted by molar-refractivity contribution is 5.45. The van der Waals surface area contributed by atoms with Gasteiger partial charge in [-0.15, -0.1) is 0 Å². The lowest BCUT2D eigenvalue weighted by molar-refractivity contribution is -0.887. The second-order valence-corrected chi connectivity index (χ2v) is 5.06. The minimum Gasteiger partial charge on any atom is -1.00 e. The monoisotopic (exact) mass is 332 g/mol. The van der Waals surface area contributed by atoms with Gasteiger partial charge in [0.25, 0.3) is 0 Å². The van der Waals surface area contributed by atoms with Gasteiger partial charge in [0.2, 0.25) is 0 Å². The van der Waals surface area contributed by atoms with Crippen LogP contribution < -0.4 is 28.9 Å². The zero-order valence-electron chi connectivity index (χ0n) is 10.2. The van der Waals surface area contributed by atoms with Crippen molar-refractivity contribution in [1.82, 2.24) is 0 Å². The molecule has 0 atom stereocenters. The molecule has 1 aromatic rings. The van der Waals surface area contributed by atoms with Crippen molar-refractivity contribution in [2.24, 2.45) is 0 Å². The number of nitrogens with zero attached hydrogens (tertiary/aromatic N) is 2. The van der Waals surface area contributed by atoms with Gasteiger partial charge in [0.1, 0.15) is 0 Å². The van der Waals surface area contributed by atoms with E-state index < -0.39 is 0 Å². The first-order valence-electron chi connectivity index (χ1n) is 5.79. The summed E-state index contributed by atoms with van der Waals surface area (Å²) < 4.78 is 1.16. The molecular weight excluding hydrogens is 311 g/mol. The van der Waals surface area contributed by atoms with E-state index in [1.807, 2.05) is 0 Å². The number of hydrogen-bond donors (Lipinski definition) is 0. The SMILES string of the molecule is C[N+]1(C)CCCN(c2ccccc2)CC1.[I-]. The van der Waals surface area contributed by atoms with Crippen LogP contribution in [-0.4, -0.2) is 44.8 Å². The first-order valence-corrected chi connectivity index (χ1v) is 5.79. The van der Waals surface area contributed by atoms with Gasteiger partial charge >= 0.3 is 0 Å². The molecule has 0 bridgehead atoms. The molecule has 2 rings (SSSR count). The third-order valence-electron chi connectivity index (χ3n) is 3.29. The number of rotatable bonds is 1. The molecule has 1 aliphatic rings. The van der Waals surface area contributed by atoms with E-state index in [9.17, 15) is 0 Å². The predicted molar refractivity (Wildman–Crippen MR) is 65.1 cm³/mol. The van der Waals surface area contributed by atoms with Crippen molar-refractivity contribution >= 4 is 5.69 Å². The molecule has 2 nitrogen and oxygen atoms in total. The van der Waals surface area contributed by atoms with E-state index in [1.165, 1.54) is 38.3 Å². The van der Waals surface area contributed by atoms with Crippen molar-refractivity contribution in [3.8, 4) is 0 Å². The zero-order valence-corrected chi connectivity index (χ0v) is 12.4. The smallest absolute Gasteiger partial charge is 0.0960 e. The second kappa shape index (κ2) is 5.87. The maximum atomic E-state index is 2.51. The maximum Gasteiger partial charge on any atom is 0.0960 e. The fraction of sp³-hybridized carbons (Fsp3) is 0.538. The number of benzene rings is 1. The lowest BCUT2D eigenvalue weighted by Crippen LogP contribution is -3.00. The Labute approximate surface area is 116 Å². The first-order chi connectivity index (χ1) is 7.17. The van der Waals surface area contributed by atoms with Gasteiger partial charge in [-0.1, -0.05) is 18.2 Å². The fourth-order valence-corrected chi connectivity index (χ4v) is 2.20. The highest BCUT2D eigenvalue weighted by Gasteiger charge is 2.21. The van der Waals surface area contributed by atoms with Crippen LogP contribution in [0.15, 0.2) is 30.3 Å². The minimum atomic E-state index is 0. The third-order valence-corrected chi connectivity index (χ3v) is 3.29. The largest absolute Gasteiger partial charge is 1.00 e. The fourth-order valence-electron chi connectivity index (χ4n) is 2.20. The standard InChI is InChI=1S/C13H21N2.HI/c1-15(2)11-6-9-14(10-12-15)13-7-4-3-5-8-13;/h3-5,7-8H,6,9-12H2,1-2H3;1H/q+1;/p-1. The summed E-state index contributed by atoms with van der Waals surface area (Å²) in [5, 5.41) is 0. The zero-order chi connectivity index (χ0) is 10.7. The van der Waals surface area contributed by atoms with Crippen molar-refractivity contribution < 1.29 is 28.5 Å². The summed E-state index contributed by atoms with van der Waals surface area (Å²) in [4.78, 5) is 2.51. The molecule has 0 amide bonds. The van der Waals surface area contributed by atoms with E-state index in [0.717, 1.165) is 4.48 Å². The molecule has 1 heterocycles. The highest BCUT2D eigenvalue weighted by Crippen LogP contribution is 2.16. The molecule has 0 saturated carbocycles. The van der Waals surface area contributed by atoms with Crippen LogP contribution in [0.1, 0.15) is 6.42 Å². The third kappa shape index (κ3) is 3.63. The average molecular weight is 332 g/mol. The number of likely N-dealkylation sites (N-methyl/N-ethyl adjacent to an activating group) is 1. The van der Waals surface area contributed by atoms with E-state index in [-0.39, 0.29) is 24.0 Å². The molecule has 0 radical (unpaired) electrons. The van der Waals surface area contributed by atoms with Crippen LogP contribution in [0.3, 0.4) is 0 Å². The first kappa shape index (κ1) is 13.8. The normalized spacial score (nSPS) is 19.8. The van der Waals surface area contributed by atoms with Gasteiger partial charge in [0, 0.05) is 18.7 Å². The number of halogens is 1. The summed E-state index contributed by atoms with van der Waals surface area (Å²) in [5.41, 5.74) is 1.37. The molecule has 16 heavy (non-hydrogen) atoms. The molecule has 0 unspecified atom stereocenters. The Balaban J connectivity index is 0.00000128. The van der Waals surface area contributed by atoms with Gasteiger partial charge < -0.3 is 33.4 Å². The van der Waals surface area contributed by atoms with Crippen molar-refractivity contribution in [1.29, 1.82) is 0 Å². The Morgan fingerprint density at radius 2 is 1.69 bits per heavy atom. The number of anilines is 1. The van der Waals surface area contributed by atoms with E-state index in [1.54, 1.807) is 0 Å². The molecule has 1 aromatic carbocycles. The number of quaternary nitrogens is 1. The van der Waals surface area contributed by atoms with Crippen molar-refractivity contribution in [2.45, 2.75) is 6.42 Å². The summed E-state index contributed by atoms with van der Waals surface area (Å²) in [6.45, 7) is 4.92. The predicted octanol–water partition coefficient (Wildman–Crippen LogP) is -1.02. The minimum absolute atomic E-state index is 0. The van der Waals surface area contributed by atoms with Crippen molar-refractivity contribution in [2.75, 3.05) is 45.2 Å². The molecule has 1 saturated heterocycles. The van der Waals surface area contributed by atoms with Crippen LogP contribution in [0.4, 0.5) is 5.69 Å². The van der Waals surface area contributed by atoms with Crippen LogP contribution in [-0.2, 0) is 0 Å². The Morgan fingerprint density at radius 3 is 2.38 bits per heavy atom. The summed E-state index contributed by atoms with van der Waals surface area (Å²) >= 11 is 0. The molecule has 3 heteroatoms. The van der Waals surface area contributed by atoms with Gasteiger partial charge in [-0.2, -0.15) is 0 Å². The Morgan fingerprint density at radius 1 is 1.00 bits per heavy atom. The Kier molecular flexibility index (Phi) is 5.05. The lowest BCUT2D eigenvalue weighted by Gasteiger charge is -2.28. The van der Waals surface area contributed by atoms with Crippen LogP contribution >= 0.6 is 0 Å². The Bertz CT molecular complexity index is 311. The van der Waals surface area contributed by atoms with Crippen molar-refractivity contribution in [3.05, 3.63) is 30.3 Å². The highest BCUT2D eigenvalue weighted by atomic mass is 127. The number of para-hydroxylation sites is 1. The summed E-state index contributed by atoms with van der Waals surface area (Å²) in [7, 11) is 4.66. The van der Waals surface area contributed by atoms with E-state index >= 15 is 0 Å². The Hall–Kier alpha value is -0.290. The average Bonchev–Trinajstić information content (AvgIpc) is 2.41. The van der Waals surface area contributed by atoms with Crippen molar-refractivity contribution in [3.63, 3.8) is 0 Å².